The van der Waals surface area contributed by atoms with Crippen LogP contribution in [0.5, 0.6) is 17.2 Å². The van der Waals surface area contributed by atoms with Crippen molar-refractivity contribution in [3.63, 3.8) is 0 Å². The molecule has 2 saturated heterocycles. The summed E-state index contributed by atoms with van der Waals surface area (Å²) in [5.74, 6) is 3.11. The van der Waals surface area contributed by atoms with Crippen molar-refractivity contribution < 1.29 is 23.7 Å². The SMILES string of the molecule is O=C1COC(COc2ccc3c(c2)OCO3)CN1C1CCN(c2ncnc3scc(-c4ccccc4)c23)CC1. The molecule has 1 unspecified atom stereocenters. The van der Waals surface area contributed by atoms with Gasteiger partial charge < -0.3 is 28.7 Å². The van der Waals surface area contributed by atoms with Gasteiger partial charge in [0.1, 0.15) is 42.0 Å². The van der Waals surface area contributed by atoms with Gasteiger partial charge in [0.25, 0.3) is 0 Å². The molecule has 1 amide bonds. The second kappa shape index (κ2) is 10.3. The van der Waals surface area contributed by atoms with E-state index >= 15 is 0 Å². The van der Waals surface area contributed by atoms with Gasteiger partial charge in [-0.05, 0) is 30.5 Å². The predicted octanol–water partition coefficient (Wildman–Crippen LogP) is 4.36. The van der Waals surface area contributed by atoms with E-state index in [2.05, 4.69) is 39.5 Å². The van der Waals surface area contributed by atoms with Crippen LogP contribution < -0.4 is 19.1 Å². The van der Waals surface area contributed by atoms with Gasteiger partial charge in [-0.15, -0.1) is 11.3 Å². The van der Waals surface area contributed by atoms with E-state index in [1.807, 2.05) is 29.2 Å². The van der Waals surface area contributed by atoms with Crippen LogP contribution >= 0.6 is 11.3 Å². The molecule has 3 aliphatic rings. The highest BCUT2D eigenvalue weighted by molar-refractivity contribution is 7.17. The topological polar surface area (TPSA) is 86.3 Å². The van der Waals surface area contributed by atoms with Crippen molar-refractivity contribution in [2.75, 3.05) is 44.5 Å². The molecule has 2 aromatic heterocycles. The molecule has 7 rings (SSSR count). The number of anilines is 1. The number of morpholine rings is 1. The van der Waals surface area contributed by atoms with Gasteiger partial charge in [-0.25, -0.2) is 9.97 Å². The van der Waals surface area contributed by atoms with Gasteiger partial charge in [-0.3, -0.25) is 4.79 Å². The zero-order valence-corrected chi connectivity index (χ0v) is 22.1. The lowest BCUT2D eigenvalue weighted by Gasteiger charge is -2.42. The van der Waals surface area contributed by atoms with Crippen LogP contribution in [0, 0.1) is 0 Å². The first-order valence-electron chi connectivity index (χ1n) is 13.2. The van der Waals surface area contributed by atoms with Crippen LogP contribution in [0.2, 0.25) is 0 Å². The summed E-state index contributed by atoms with van der Waals surface area (Å²) in [6.45, 7) is 2.84. The van der Waals surface area contributed by atoms with Gasteiger partial charge in [0, 0.05) is 36.1 Å². The Bertz CT molecular complexity index is 1490. The lowest BCUT2D eigenvalue weighted by atomic mass is 10.0. The maximum absolute atomic E-state index is 12.8. The minimum atomic E-state index is -0.188. The second-order valence-corrected chi connectivity index (χ2v) is 10.8. The normalized spacial score (nSPS) is 19.6. The summed E-state index contributed by atoms with van der Waals surface area (Å²) in [6, 6.07) is 16.1. The quantitative estimate of drug-likeness (QED) is 0.354. The highest BCUT2D eigenvalue weighted by atomic mass is 32.1. The highest BCUT2D eigenvalue weighted by Gasteiger charge is 2.34. The van der Waals surface area contributed by atoms with Crippen LogP contribution in [0.25, 0.3) is 21.3 Å². The first-order valence-corrected chi connectivity index (χ1v) is 14.1. The van der Waals surface area contributed by atoms with E-state index < -0.39 is 0 Å². The van der Waals surface area contributed by atoms with Crippen molar-refractivity contribution in [3.05, 3.63) is 60.2 Å². The zero-order chi connectivity index (χ0) is 26.2. The molecule has 4 aromatic rings. The number of aromatic nitrogens is 2. The fraction of sp³-hybridized carbons (Fsp3) is 0.345. The van der Waals surface area contributed by atoms with Crippen molar-refractivity contribution >= 4 is 33.3 Å². The maximum atomic E-state index is 12.8. The number of hydrogen-bond donors (Lipinski definition) is 0. The lowest BCUT2D eigenvalue weighted by molar-refractivity contribution is -0.154. The molecule has 5 heterocycles. The molecule has 2 aromatic carbocycles. The summed E-state index contributed by atoms with van der Waals surface area (Å²) >= 11 is 1.65. The molecule has 39 heavy (non-hydrogen) atoms. The number of hydrogen-bond acceptors (Lipinski definition) is 9. The number of amides is 1. The molecule has 0 radical (unpaired) electrons. The molecular formula is C29H28N4O5S. The Kier molecular flexibility index (Phi) is 6.41. The third-order valence-electron chi connectivity index (χ3n) is 7.58. The Morgan fingerprint density at radius 1 is 1.03 bits per heavy atom. The van der Waals surface area contributed by atoms with Crippen LogP contribution in [0.1, 0.15) is 12.8 Å². The first-order chi connectivity index (χ1) is 19.2. The molecule has 10 heteroatoms. The third-order valence-corrected chi connectivity index (χ3v) is 8.47. The molecule has 3 aliphatic heterocycles. The number of rotatable bonds is 6. The van der Waals surface area contributed by atoms with Crippen molar-refractivity contribution in [3.8, 4) is 28.4 Å². The largest absolute Gasteiger partial charge is 0.491 e. The summed E-state index contributed by atoms with van der Waals surface area (Å²) in [4.78, 5) is 27.4. The fourth-order valence-corrected chi connectivity index (χ4v) is 6.48. The van der Waals surface area contributed by atoms with Crippen molar-refractivity contribution in [2.24, 2.45) is 0 Å². The number of carbonyl (C=O) groups is 1. The van der Waals surface area contributed by atoms with Gasteiger partial charge >= 0.3 is 0 Å². The monoisotopic (exact) mass is 544 g/mol. The van der Waals surface area contributed by atoms with E-state index in [0.29, 0.717) is 24.7 Å². The van der Waals surface area contributed by atoms with Crippen LogP contribution in [0.4, 0.5) is 5.82 Å². The Morgan fingerprint density at radius 3 is 2.74 bits per heavy atom. The standard InChI is InChI=1S/C29H28N4O5S/c34-26-15-36-22(14-35-21-6-7-24-25(12-21)38-18-37-24)13-33(26)20-8-10-32(11-9-20)28-27-23(19-4-2-1-3-5-19)16-39-29(27)31-17-30-28/h1-7,12,16-17,20,22H,8-11,13-15,18H2. The Labute approximate surface area is 229 Å². The molecule has 200 valence electrons. The van der Waals surface area contributed by atoms with Crippen LogP contribution in [0.15, 0.2) is 60.2 Å². The number of nitrogens with zero attached hydrogens (tertiary/aromatic N) is 4. The van der Waals surface area contributed by atoms with Gasteiger partial charge in [0.15, 0.2) is 11.5 Å². The maximum Gasteiger partial charge on any atom is 0.248 e. The van der Waals surface area contributed by atoms with Gasteiger partial charge in [-0.1, -0.05) is 30.3 Å². The van der Waals surface area contributed by atoms with Crippen LogP contribution in [-0.2, 0) is 9.53 Å². The number of piperidine rings is 1. The number of fused-ring (bicyclic) bond motifs is 2. The molecule has 0 spiro atoms. The summed E-state index contributed by atoms with van der Waals surface area (Å²) < 4.78 is 22.6. The molecule has 0 bridgehead atoms. The zero-order valence-electron chi connectivity index (χ0n) is 21.3. The Hall–Kier alpha value is -3.89. The van der Waals surface area contributed by atoms with Crippen molar-refractivity contribution in [1.82, 2.24) is 14.9 Å². The van der Waals surface area contributed by atoms with Crippen molar-refractivity contribution in [2.45, 2.75) is 25.0 Å². The minimum absolute atomic E-state index is 0.0430. The average Bonchev–Trinajstić information content (AvgIpc) is 3.64. The van der Waals surface area contributed by atoms with Gasteiger partial charge in [-0.2, -0.15) is 0 Å². The van der Waals surface area contributed by atoms with E-state index in [1.165, 1.54) is 11.1 Å². The van der Waals surface area contributed by atoms with E-state index in [0.717, 1.165) is 47.7 Å². The highest BCUT2D eigenvalue weighted by Crippen LogP contribution is 2.39. The van der Waals surface area contributed by atoms with Gasteiger partial charge in [0.2, 0.25) is 12.7 Å². The predicted molar refractivity (Wildman–Crippen MR) is 148 cm³/mol. The third kappa shape index (κ3) is 4.74. The Balaban J connectivity index is 1.01. The fourth-order valence-electron chi connectivity index (χ4n) is 5.57. The summed E-state index contributed by atoms with van der Waals surface area (Å²) in [5.41, 5.74) is 2.34. The molecule has 0 N–H and O–H groups in total. The Morgan fingerprint density at radius 2 is 1.87 bits per heavy atom. The van der Waals surface area contributed by atoms with E-state index in [4.69, 9.17) is 23.9 Å². The summed E-state index contributed by atoms with van der Waals surface area (Å²) in [7, 11) is 0. The van der Waals surface area contributed by atoms with Crippen LogP contribution in [0.3, 0.4) is 0 Å². The molecule has 1 atom stereocenters. The smallest absolute Gasteiger partial charge is 0.248 e. The van der Waals surface area contributed by atoms with E-state index in [-0.39, 0.29) is 31.5 Å². The summed E-state index contributed by atoms with van der Waals surface area (Å²) in [5, 5.41) is 3.28. The van der Waals surface area contributed by atoms with Gasteiger partial charge in [0.05, 0.1) is 11.9 Å². The lowest BCUT2D eigenvalue weighted by Crippen LogP contribution is -2.55. The minimum Gasteiger partial charge on any atom is -0.491 e. The number of benzene rings is 2. The summed E-state index contributed by atoms with van der Waals surface area (Å²) in [6.07, 6.45) is 3.22. The van der Waals surface area contributed by atoms with Crippen molar-refractivity contribution in [1.29, 1.82) is 0 Å². The second-order valence-electron chi connectivity index (χ2n) is 9.92. The average molecular weight is 545 g/mol. The molecular weight excluding hydrogens is 516 g/mol. The number of thiophene rings is 1. The van der Waals surface area contributed by atoms with E-state index in [9.17, 15) is 4.79 Å². The number of ether oxygens (including phenoxy) is 4. The first kappa shape index (κ1) is 24.2. The van der Waals surface area contributed by atoms with Crippen LogP contribution in [-0.4, -0.2) is 72.6 Å². The van der Waals surface area contributed by atoms with E-state index in [1.54, 1.807) is 17.7 Å². The number of carbonyl (C=O) groups excluding carboxylic acids is 1. The molecule has 0 saturated carbocycles. The molecule has 0 aliphatic carbocycles. The molecule has 9 nitrogen and oxygen atoms in total. The molecule has 2 fully saturated rings.